The van der Waals surface area contributed by atoms with Crippen LogP contribution >= 0.6 is 22.7 Å². The predicted octanol–water partition coefficient (Wildman–Crippen LogP) is 18.3. The largest absolute Gasteiger partial charge is 0.355 e. The Morgan fingerprint density at radius 1 is 0.434 bits per heavy atom. The smallest absolute Gasteiger partial charge is 0.114 e. The lowest BCUT2D eigenvalue weighted by Gasteiger charge is -2.08. The summed E-state index contributed by atoms with van der Waals surface area (Å²) in [4.78, 5) is 28.2. The zero-order valence-corrected chi connectivity index (χ0v) is 48.7. The Kier molecular flexibility index (Phi) is 19.7. The minimum Gasteiger partial charge on any atom is -0.355 e. The summed E-state index contributed by atoms with van der Waals surface area (Å²) in [5, 5.41) is 0. The number of hydrogen-bond donors (Lipinski definition) is 2. The molecule has 8 heterocycles. The molecule has 6 aromatic heterocycles. The van der Waals surface area contributed by atoms with Crippen molar-refractivity contribution in [1.82, 2.24) is 24.9 Å². The van der Waals surface area contributed by atoms with Crippen molar-refractivity contribution >= 4 is 67.0 Å². The Morgan fingerprint density at radius 3 is 1.28 bits per heavy atom. The zero-order chi connectivity index (χ0) is 53.6. The van der Waals surface area contributed by atoms with Crippen LogP contribution in [0.15, 0.2) is 54.7 Å². The molecule has 76 heavy (non-hydrogen) atoms. The fourth-order valence-electron chi connectivity index (χ4n) is 11.3. The van der Waals surface area contributed by atoms with Crippen molar-refractivity contribution in [3.8, 4) is 57.1 Å². The summed E-state index contributed by atoms with van der Waals surface area (Å²) in [7, 11) is 0. The summed E-state index contributed by atoms with van der Waals surface area (Å²) in [6.07, 6.45) is 20.6. The van der Waals surface area contributed by atoms with Gasteiger partial charge in [0.1, 0.15) is 5.69 Å². The van der Waals surface area contributed by atoms with Crippen molar-refractivity contribution in [2.45, 2.75) is 185 Å². The van der Waals surface area contributed by atoms with E-state index in [4.69, 9.17) is 9.97 Å². The summed E-state index contributed by atoms with van der Waals surface area (Å²) in [5.74, 6) is 26.8. The Labute approximate surface area is 463 Å². The Morgan fingerprint density at radius 2 is 0.868 bits per heavy atom. The summed E-state index contributed by atoms with van der Waals surface area (Å²) in [6.45, 7) is 22.7. The van der Waals surface area contributed by atoms with E-state index in [-0.39, 0.29) is 0 Å². The number of rotatable bonds is 19. The van der Waals surface area contributed by atoms with Crippen molar-refractivity contribution in [2.75, 3.05) is 0 Å². The summed E-state index contributed by atoms with van der Waals surface area (Å²) in [5.41, 5.74) is 23.4. The first-order valence-corrected chi connectivity index (χ1v) is 30.4. The molecule has 0 spiro atoms. The van der Waals surface area contributed by atoms with Gasteiger partial charge in [0.2, 0.25) is 0 Å². The Hall–Kier alpha value is -6.61. The van der Waals surface area contributed by atoms with Crippen LogP contribution in [-0.4, -0.2) is 24.9 Å². The SMILES string of the molecule is CCCCCCc1cc(C#CC#Cc2ccccn2)sc1-c1sc(C#CC#Cc2c3nc(cc4[nH]c(cc5[nH]c(cc6nc2C(CC)=C6CC)c(CC)c5CC)c(CC)c4CC)C(CC)=C3CC)cc1CCCCCC. The van der Waals surface area contributed by atoms with Gasteiger partial charge in [0.05, 0.1) is 38.1 Å². The highest BCUT2D eigenvalue weighted by Gasteiger charge is 2.27. The van der Waals surface area contributed by atoms with Gasteiger partial charge in [-0.2, -0.15) is 0 Å². The molecule has 390 valence electrons. The van der Waals surface area contributed by atoms with Crippen molar-refractivity contribution in [3.05, 3.63) is 132 Å². The molecule has 0 radical (unpaired) electrons. The number of nitrogens with zero attached hydrogens (tertiary/aromatic N) is 3. The average Bonchev–Trinajstić information content (AvgIpc) is 4.31. The third-order valence-corrected chi connectivity index (χ3v) is 17.4. The van der Waals surface area contributed by atoms with E-state index in [0.29, 0.717) is 0 Å². The molecular weight excluding hydrogens is 963 g/mol. The van der Waals surface area contributed by atoms with Crippen molar-refractivity contribution in [2.24, 2.45) is 0 Å². The Bertz CT molecular complexity index is 3450. The van der Waals surface area contributed by atoms with Crippen molar-refractivity contribution in [1.29, 1.82) is 0 Å². The maximum Gasteiger partial charge on any atom is 0.114 e. The van der Waals surface area contributed by atoms with Crippen molar-refractivity contribution in [3.63, 3.8) is 0 Å². The first kappa shape index (κ1) is 55.6. The van der Waals surface area contributed by atoms with Crippen LogP contribution in [0.1, 0.15) is 223 Å². The number of unbranched alkanes of at least 4 members (excludes halogenated alkanes) is 6. The second-order valence-electron chi connectivity index (χ2n) is 19.8. The molecule has 2 N–H and O–H groups in total. The number of aromatic nitrogens is 5. The van der Waals surface area contributed by atoms with E-state index in [1.165, 1.54) is 115 Å². The molecule has 2 aliphatic heterocycles. The van der Waals surface area contributed by atoms with Crippen LogP contribution in [0.25, 0.3) is 54.1 Å². The van der Waals surface area contributed by atoms with Gasteiger partial charge in [-0.3, -0.25) is 0 Å². The fraction of sp³-hybridized carbons (Fsp3) is 0.406. The topological polar surface area (TPSA) is 70.2 Å². The van der Waals surface area contributed by atoms with Crippen LogP contribution in [-0.2, 0) is 38.5 Å². The van der Waals surface area contributed by atoms with Gasteiger partial charge in [-0.05, 0) is 223 Å². The molecule has 0 fully saturated rings. The van der Waals surface area contributed by atoms with Crippen LogP contribution in [0.3, 0.4) is 0 Å². The van der Waals surface area contributed by atoms with Crippen LogP contribution in [0.4, 0.5) is 0 Å². The van der Waals surface area contributed by atoms with Gasteiger partial charge in [0.15, 0.2) is 0 Å². The minimum atomic E-state index is 0.728. The van der Waals surface area contributed by atoms with Crippen LogP contribution in [0.5, 0.6) is 0 Å². The molecule has 0 saturated carbocycles. The molecule has 0 aliphatic carbocycles. The van der Waals surface area contributed by atoms with Gasteiger partial charge in [-0.15, -0.1) is 22.7 Å². The van der Waals surface area contributed by atoms with Crippen LogP contribution < -0.4 is 0 Å². The number of H-pyrrole nitrogens is 2. The van der Waals surface area contributed by atoms with E-state index < -0.39 is 0 Å². The zero-order valence-electron chi connectivity index (χ0n) is 47.1. The van der Waals surface area contributed by atoms with Gasteiger partial charge < -0.3 is 9.97 Å². The van der Waals surface area contributed by atoms with Crippen LogP contribution in [0.2, 0.25) is 0 Å². The molecule has 2 aliphatic rings. The summed E-state index contributed by atoms with van der Waals surface area (Å²) in [6, 6.07) is 17.4. The number of allylic oxidation sites excluding steroid dienone is 4. The first-order chi connectivity index (χ1) is 37.3. The number of thiophene rings is 2. The maximum atomic E-state index is 5.62. The molecule has 5 nitrogen and oxygen atoms in total. The van der Waals surface area contributed by atoms with Gasteiger partial charge >= 0.3 is 0 Å². The number of aromatic amines is 2. The molecule has 8 bridgehead atoms. The third kappa shape index (κ3) is 12.3. The maximum absolute atomic E-state index is 5.62. The van der Waals surface area contributed by atoms with Crippen LogP contribution in [0, 0.1) is 47.4 Å². The van der Waals surface area contributed by atoms with Gasteiger partial charge in [-0.25, -0.2) is 15.0 Å². The highest BCUT2D eigenvalue weighted by Crippen LogP contribution is 2.43. The minimum absolute atomic E-state index is 0.728. The molecule has 0 saturated heterocycles. The molecule has 8 rings (SSSR count). The summed E-state index contributed by atoms with van der Waals surface area (Å²) >= 11 is 3.61. The molecule has 0 unspecified atom stereocenters. The number of aryl methyl sites for hydroxylation is 6. The lowest BCUT2D eigenvalue weighted by molar-refractivity contribution is 0.666. The summed E-state index contributed by atoms with van der Waals surface area (Å²) < 4.78 is 0. The van der Waals surface area contributed by atoms with Gasteiger partial charge in [0, 0.05) is 38.0 Å². The van der Waals surface area contributed by atoms with Gasteiger partial charge in [-0.1, -0.05) is 114 Å². The lowest BCUT2D eigenvalue weighted by Crippen LogP contribution is -1.95. The van der Waals surface area contributed by atoms with E-state index in [1.807, 2.05) is 29.5 Å². The van der Waals surface area contributed by atoms with E-state index in [0.717, 1.165) is 132 Å². The second kappa shape index (κ2) is 26.9. The second-order valence-corrected chi connectivity index (χ2v) is 21.9. The van der Waals surface area contributed by atoms with Gasteiger partial charge in [0.25, 0.3) is 0 Å². The highest BCUT2D eigenvalue weighted by molar-refractivity contribution is 7.23. The normalized spacial score (nSPS) is 12.0. The fourth-order valence-corrected chi connectivity index (χ4v) is 13.7. The lowest BCUT2D eigenvalue weighted by atomic mass is 9.94. The third-order valence-electron chi connectivity index (χ3n) is 15.1. The van der Waals surface area contributed by atoms with E-state index in [9.17, 15) is 0 Å². The molecule has 7 heteroatoms. The van der Waals surface area contributed by atoms with E-state index in [2.05, 4.69) is 162 Å². The average molecular weight is 1040 g/mol. The predicted molar refractivity (Wildman–Crippen MR) is 328 cm³/mol. The highest BCUT2D eigenvalue weighted by atomic mass is 32.1. The molecule has 0 aromatic carbocycles. The molecular formula is C69H77N5S2. The molecule has 6 aromatic rings. The Balaban J connectivity index is 1.32. The standard InChI is InChI=1S/C69H77N5S2/c1-11-21-23-25-33-46-41-49(37-28-27-35-48-36-31-32-40-70-48)75-68(46)69-47(34-26-24-22-12-2)42-50(76-69)38-29-30-39-59-66-57(19-9)55(17-7)64(73-66)44-62-53(15-5)51(13-3)60(71-62)43-61-52(14-4)54(16-6)63(72-61)45-65-56(18-8)58(20-10)67(59)74-65/h31-32,36,40-45,71-72H,11-26,33-34H2,1-10H3. The number of hydrogen-bond acceptors (Lipinski definition) is 5. The first-order valence-electron chi connectivity index (χ1n) is 28.7. The molecule has 0 amide bonds. The molecule has 0 atom stereocenters. The van der Waals surface area contributed by atoms with E-state index >= 15 is 0 Å². The van der Waals surface area contributed by atoms with E-state index in [1.54, 1.807) is 17.5 Å². The number of nitrogens with one attached hydrogen (secondary N) is 2. The van der Waals surface area contributed by atoms with Crippen molar-refractivity contribution < 1.29 is 0 Å². The quantitative estimate of drug-likeness (QED) is 0.0627. The monoisotopic (exact) mass is 1040 g/mol. The number of fused-ring (bicyclic) bond motifs is 8. The number of pyridine rings is 1.